The van der Waals surface area contributed by atoms with Crippen LogP contribution in [0.15, 0.2) is 36.5 Å². The number of hydrogen-bond donors (Lipinski definition) is 3. The monoisotopic (exact) mass is 316 g/mol. The van der Waals surface area contributed by atoms with Gasteiger partial charge in [-0.1, -0.05) is 37.3 Å². The average molecular weight is 316 g/mol. The number of nitrogens with one attached hydrogen (secondary N) is 2. The van der Waals surface area contributed by atoms with E-state index < -0.39 is 5.60 Å². The van der Waals surface area contributed by atoms with Crippen LogP contribution in [0.4, 0.5) is 4.79 Å². The summed E-state index contributed by atoms with van der Waals surface area (Å²) >= 11 is 0. The number of rotatable bonds is 6. The van der Waals surface area contributed by atoms with E-state index in [1.807, 2.05) is 50.5 Å². The summed E-state index contributed by atoms with van der Waals surface area (Å²) in [5.41, 5.74) is 1.63. The van der Waals surface area contributed by atoms with Crippen LogP contribution in [-0.4, -0.2) is 27.5 Å². The Hall–Kier alpha value is -2.34. The van der Waals surface area contributed by atoms with E-state index >= 15 is 0 Å². The molecule has 6 nitrogen and oxygen atoms in total. The van der Waals surface area contributed by atoms with Crippen molar-refractivity contribution in [3.05, 3.63) is 53.3 Å². The van der Waals surface area contributed by atoms with Crippen LogP contribution in [0, 0.1) is 0 Å². The topological polar surface area (TPSA) is 79.2 Å². The van der Waals surface area contributed by atoms with Gasteiger partial charge in [0, 0.05) is 25.4 Å². The van der Waals surface area contributed by atoms with Gasteiger partial charge in [-0.05, 0) is 18.9 Å². The second-order valence-corrected chi connectivity index (χ2v) is 5.80. The lowest BCUT2D eigenvalue weighted by molar-refractivity contribution is 0.0594. The van der Waals surface area contributed by atoms with Crippen molar-refractivity contribution in [2.75, 3.05) is 6.54 Å². The quantitative estimate of drug-likeness (QED) is 0.759. The van der Waals surface area contributed by atoms with Crippen LogP contribution in [0.5, 0.6) is 0 Å². The number of carbonyl (C=O) groups excluding carboxylic acids is 1. The minimum atomic E-state index is -1.11. The van der Waals surface area contributed by atoms with Crippen LogP contribution in [0.25, 0.3) is 0 Å². The molecule has 2 rings (SSSR count). The zero-order valence-electron chi connectivity index (χ0n) is 13.8. The SMILES string of the molecule is CCc1nn(C)cc1CNC(=O)NCC(C)(O)c1ccccc1. The molecule has 0 radical (unpaired) electrons. The summed E-state index contributed by atoms with van der Waals surface area (Å²) in [6, 6.07) is 8.97. The number of carbonyl (C=O) groups is 1. The molecule has 6 heteroatoms. The molecule has 1 aromatic carbocycles. The lowest BCUT2D eigenvalue weighted by Crippen LogP contribution is -2.43. The van der Waals surface area contributed by atoms with E-state index in [0.717, 1.165) is 23.2 Å². The molecule has 0 spiro atoms. The molecule has 2 aromatic rings. The number of nitrogens with zero attached hydrogens (tertiary/aromatic N) is 2. The number of aryl methyl sites for hydroxylation is 2. The molecule has 1 heterocycles. The first-order chi connectivity index (χ1) is 10.9. The summed E-state index contributed by atoms with van der Waals surface area (Å²) in [5.74, 6) is 0. The smallest absolute Gasteiger partial charge is 0.315 e. The standard InChI is InChI=1S/C17H24N4O2/c1-4-15-13(11-21(3)20-15)10-18-16(22)19-12-17(2,23)14-8-6-5-7-9-14/h5-9,11,23H,4,10,12H2,1-3H3,(H2,18,19,22). The maximum Gasteiger partial charge on any atom is 0.315 e. The van der Waals surface area contributed by atoms with E-state index in [-0.39, 0.29) is 12.6 Å². The molecule has 0 aliphatic carbocycles. The van der Waals surface area contributed by atoms with Gasteiger partial charge in [-0.3, -0.25) is 4.68 Å². The molecule has 0 saturated heterocycles. The number of benzene rings is 1. The molecule has 0 fully saturated rings. The third-order valence-electron chi connectivity index (χ3n) is 3.75. The molecule has 1 atom stereocenters. The van der Waals surface area contributed by atoms with Crippen molar-refractivity contribution >= 4 is 6.03 Å². The second-order valence-electron chi connectivity index (χ2n) is 5.80. The zero-order valence-corrected chi connectivity index (χ0v) is 13.8. The minimum Gasteiger partial charge on any atom is -0.384 e. The predicted molar refractivity (Wildman–Crippen MR) is 88.8 cm³/mol. The number of aromatic nitrogens is 2. The lowest BCUT2D eigenvalue weighted by atomic mass is 9.96. The summed E-state index contributed by atoms with van der Waals surface area (Å²) in [4.78, 5) is 11.9. The molecule has 3 N–H and O–H groups in total. The van der Waals surface area contributed by atoms with Gasteiger partial charge in [0.25, 0.3) is 0 Å². The van der Waals surface area contributed by atoms with Gasteiger partial charge in [0.05, 0.1) is 12.2 Å². The highest BCUT2D eigenvalue weighted by molar-refractivity contribution is 5.73. The molecular formula is C17H24N4O2. The van der Waals surface area contributed by atoms with Crippen molar-refractivity contribution in [2.45, 2.75) is 32.4 Å². The summed E-state index contributed by atoms with van der Waals surface area (Å²) in [6.07, 6.45) is 2.72. The van der Waals surface area contributed by atoms with Gasteiger partial charge in [-0.2, -0.15) is 5.10 Å². The van der Waals surface area contributed by atoms with E-state index in [9.17, 15) is 9.90 Å². The Morgan fingerprint density at radius 2 is 2.00 bits per heavy atom. The zero-order chi connectivity index (χ0) is 16.9. The van der Waals surface area contributed by atoms with Gasteiger partial charge in [-0.15, -0.1) is 0 Å². The number of urea groups is 1. The van der Waals surface area contributed by atoms with Crippen molar-refractivity contribution in [1.82, 2.24) is 20.4 Å². The Labute approximate surface area is 136 Å². The average Bonchev–Trinajstić information content (AvgIpc) is 2.92. The van der Waals surface area contributed by atoms with Gasteiger partial charge in [0.15, 0.2) is 0 Å². The number of aliphatic hydroxyl groups is 1. The summed E-state index contributed by atoms with van der Waals surface area (Å²) in [5, 5.41) is 20.3. The van der Waals surface area contributed by atoms with Crippen LogP contribution < -0.4 is 10.6 Å². The van der Waals surface area contributed by atoms with Crippen molar-refractivity contribution in [3.8, 4) is 0 Å². The highest BCUT2D eigenvalue weighted by atomic mass is 16.3. The first-order valence-corrected chi connectivity index (χ1v) is 7.73. The van der Waals surface area contributed by atoms with E-state index in [0.29, 0.717) is 6.54 Å². The van der Waals surface area contributed by atoms with Crippen molar-refractivity contribution in [1.29, 1.82) is 0 Å². The van der Waals surface area contributed by atoms with E-state index in [4.69, 9.17) is 0 Å². The van der Waals surface area contributed by atoms with Crippen LogP contribution in [0.3, 0.4) is 0 Å². The molecule has 0 saturated carbocycles. The Balaban J connectivity index is 1.85. The van der Waals surface area contributed by atoms with Crippen molar-refractivity contribution in [3.63, 3.8) is 0 Å². The summed E-state index contributed by atoms with van der Waals surface area (Å²) in [6.45, 7) is 4.26. The summed E-state index contributed by atoms with van der Waals surface area (Å²) in [7, 11) is 1.86. The third kappa shape index (κ3) is 4.56. The van der Waals surface area contributed by atoms with Crippen LogP contribution in [0.1, 0.15) is 30.7 Å². The molecule has 124 valence electrons. The maximum absolute atomic E-state index is 11.9. The van der Waals surface area contributed by atoms with Gasteiger partial charge < -0.3 is 15.7 Å². The van der Waals surface area contributed by atoms with E-state index in [1.165, 1.54) is 0 Å². The minimum absolute atomic E-state index is 0.135. The second kappa shape index (κ2) is 7.28. The molecule has 1 unspecified atom stereocenters. The molecule has 2 amide bonds. The fourth-order valence-electron chi connectivity index (χ4n) is 2.42. The molecular weight excluding hydrogens is 292 g/mol. The first kappa shape index (κ1) is 17.0. The van der Waals surface area contributed by atoms with Crippen LogP contribution in [0.2, 0.25) is 0 Å². The van der Waals surface area contributed by atoms with Gasteiger partial charge in [-0.25, -0.2) is 4.79 Å². The molecule has 0 aliphatic rings. The van der Waals surface area contributed by atoms with Gasteiger partial charge >= 0.3 is 6.03 Å². The Morgan fingerprint density at radius 1 is 1.30 bits per heavy atom. The highest BCUT2D eigenvalue weighted by Gasteiger charge is 2.23. The molecule has 0 bridgehead atoms. The Kier molecular flexibility index (Phi) is 5.39. The first-order valence-electron chi connectivity index (χ1n) is 7.73. The van der Waals surface area contributed by atoms with Gasteiger partial charge in [0.1, 0.15) is 5.60 Å². The Bertz CT molecular complexity index is 650. The predicted octanol–water partition coefficient (Wildman–Crippen LogP) is 1.69. The fourth-order valence-corrected chi connectivity index (χ4v) is 2.42. The largest absolute Gasteiger partial charge is 0.384 e. The van der Waals surface area contributed by atoms with Crippen LogP contribution >= 0.6 is 0 Å². The normalized spacial score (nSPS) is 13.4. The van der Waals surface area contributed by atoms with Crippen LogP contribution in [-0.2, 0) is 25.6 Å². The number of hydrogen-bond acceptors (Lipinski definition) is 3. The number of amides is 2. The van der Waals surface area contributed by atoms with E-state index in [2.05, 4.69) is 15.7 Å². The molecule has 0 aliphatic heterocycles. The Morgan fingerprint density at radius 3 is 2.65 bits per heavy atom. The molecule has 23 heavy (non-hydrogen) atoms. The van der Waals surface area contributed by atoms with Gasteiger partial charge in [0.2, 0.25) is 0 Å². The highest BCUT2D eigenvalue weighted by Crippen LogP contribution is 2.18. The lowest BCUT2D eigenvalue weighted by Gasteiger charge is -2.24. The third-order valence-corrected chi connectivity index (χ3v) is 3.75. The molecule has 1 aromatic heterocycles. The van der Waals surface area contributed by atoms with E-state index in [1.54, 1.807) is 11.6 Å². The van der Waals surface area contributed by atoms with Crippen molar-refractivity contribution in [2.24, 2.45) is 7.05 Å². The maximum atomic E-state index is 11.9. The summed E-state index contributed by atoms with van der Waals surface area (Å²) < 4.78 is 1.74. The fraction of sp³-hybridized carbons (Fsp3) is 0.412. The van der Waals surface area contributed by atoms with Crippen molar-refractivity contribution < 1.29 is 9.90 Å².